The van der Waals surface area contributed by atoms with Crippen LogP contribution < -0.4 is 14.8 Å². The summed E-state index contributed by atoms with van der Waals surface area (Å²) >= 11 is 0. The van der Waals surface area contributed by atoms with E-state index in [1.54, 1.807) is 13.0 Å². The predicted molar refractivity (Wildman–Crippen MR) is 87.9 cm³/mol. The van der Waals surface area contributed by atoms with Crippen LogP contribution in [0, 0.1) is 12.7 Å². The van der Waals surface area contributed by atoms with E-state index >= 15 is 0 Å². The van der Waals surface area contributed by atoms with Crippen LogP contribution in [0.1, 0.15) is 5.56 Å². The van der Waals surface area contributed by atoms with Crippen molar-refractivity contribution in [1.82, 2.24) is 4.72 Å². The van der Waals surface area contributed by atoms with Gasteiger partial charge in [-0.15, -0.1) is 0 Å². The van der Waals surface area contributed by atoms with Crippen LogP contribution in [0.4, 0.5) is 10.1 Å². The van der Waals surface area contributed by atoms with E-state index in [4.69, 9.17) is 4.74 Å². The summed E-state index contributed by atoms with van der Waals surface area (Å²) in [5.41, 5.74) is 1.04. The van der Waals surface area contributed by atoms with E-state index in [0.29, 0.717) is 17.0 Å². The highest BCUT2D eigenvalue weighted by Crippen LogP contribution is 2.21. The molecule has 0 heterocycles. The number of sulfonamides is 1. The molecule has 0 aliphatic carbocycles. The molecular weight excluding hydrogens is 335 g/mol. The van der Waals surface area contributed by atoms with Crippen LogP contribution in [-0.2, 0) is 14.8 Å². The van der Waals surface area contributed by atoms with Gasteiger partial charge in [-0.05, 0) is 55.0 Å². The van der Waals surface area contributed by atoms with Crippen molar-refractivity contribution in [2.75, 3.05) is 19.0 Å². The molecule has 6 nitrogen and oxygen atoms in total. The highest BCUT2D eigenvalue weighted by atomic mass is 32.2. The van der Waals surface area contributed by atoms with E-state index in [1.165, 1.54) is 43.5 Å². The third-order valence-electron chi connectivity index (χ3n) is 3.23. The normalized spacial score (nSPS) is 11.1. The predicted octanol–water partition coefficient (Wildman–Crippen LogP) is 2.06. The van der Waals surface area contributed by atoms with Crippen LogP contribution in [0.15, 0.2) is 47.4 Å². The number of ether oxygens (including phenoxy) is 1. The van der Waals surface area contributed by atoms with Gasteiger partial charge in [0.1, 0.15) is 11.6 Å². The van der Waals surface area contributed by atoms with Gasteiger partial charge in [0.05, 0.1) is 18.6 Å². The van der Waals surface area contributed by atoms with E-state index in [0.717, 1.165) is 0 Å². The highest BCUT2D eigenvalue weighted by Gasteiger charge is 2.16. The van der Waals surface area contributed by atoms with E-state index in [9.17, 15) is 17.6 Å². The summed E-state index contributed by atoms with van der Waals surface area (Å²) in [6, 6.07) is 9.55. The first kappa shape index (κ1) is 17.9. The maximum atomic E-state index is 12.8. The van der Waals surface area contributed by atoms with Crippen LogP contribution >= 0.6 is 0 Å². The number of methoxy groups -OCH3 is 1. The Morgan fingerprint density at radius 3 is 2.42 bits per heavy atom. The van der Waals surface area contributed by atoms with E-state index in [2.05, 4.69) is 10.0 Å². The Balaban J connectivity index is 2.00. The molecule has 0 aliphatic rings. The number of nitrogens with one attached hydrogen (secondary N) is 2. The molecule has 0 spiro atoms. The van der Waals surface area contributed by atoms with Gasteiger partial charge >= 0.3 is 0 Å². The minimum absolute atomic E-state index is 0.0374. The monoisotopic (exact) mass is 352 g/mol. The van der Waals surface area contributed by atoms with Crippen molar-refractivity contribution in [1.29, 1.82) is 0 Å². The number of aryl methyl sites for hydroxylation is 1. The SMILES string of the molecule is COc1ccc(S(=O)(=O)NCC(=O)Nc2ccc(F)cc2)cc1C. The van der Waals surface area contributed by atoms with E-state index in [-0.39, 0.29) is 4.90 Å². The lowest BCUT2D eigenvalue weighted by Crippen LogP contribution is -2.32. The van der Waals surface area contributed by atoms with Crippen LogP contribution in [0.2, 0.25) is 0 Å². The number of carbonyl (C=O) groups excluding carboxylic acids is 1. The zero-order valence-electron chi connectivity index (χ0n) is 13.2. The number of carbonyl (C=O) groups is 1. The number of amides is 1. The number of halogens is 1. The molecule has 8 heteroatoms. The largest absolute Gasteiger partial charge is 0.496 e. The molecule has 0 atom stereocenters. The second kappa shape index (κ2) is 7.41. The molecule has 0 aliphatic heterocycles. The van der Waals surface area contributed by atoms with Crippen molar-refractivity contribution >= 4 is 21.6 Å². The average Bonchev–Trinajstić information content (AvgIpc) is 2.55. The average molecular weight is 352 g/mol. The van der Waals surface area contributed by atoms with Crippen molar-refractivity contribution in [3.8, 4) is 5.75 Å². The van der Waals surface area contributed by atoms with Gasteiger partial charge in [-0.1, -0.05) is 0 Å². The van der Waals surface area contributed by atoms with Crippen molar-refractivity contribution in [3.63, 3.8) is 0 Å². The number of hydrogen-bond donors (Lipinski definition) is 2. The van der Waals surface area contributed by atoms with Crippen LogP contribution in [0.3, 0.4) is 0 Å². The molecule has 2 N–H and O–H groups in total. The molecule has 0 unspecified atom stereocenters. The smallest absolute Gasteiger partial charge is 0.241 e. The molecule has 1 amide bonds. The summed E-state index contributed by atoms with van der Waals surface area (Å²) in [6.45, 7) is 1.28. The van der Waals surface area contributed by atoms with Gasteiger partial charge in [-0.2, -0.15) is 0 Å². The van der Waals surface area contributed by atoms with Gasteiger partial charge in [0.15, 0.2) is 0 Å². The minimum atomic E-state index is -3.83. The van der Waals surface area contributed by atoms with Gasteiger partial charge in [-0.3, -0.25) is 4.79 Å². The topological polar surface area (TPSA) is 84.5 Å². The minimum Gasteiger partial charge on any atom is -0.496 e. The lowest BCUT2D eigenvalue weighted by molar-refractivity contribution is -0.115. The third-order valence-corrected chi connectivity index (χ3v) is 4.63. The van der Waals surface area contributed by atoms with Crippen LogP contribution in [-0.4, -0.2) is 28.0 Å². The molecule has 2 rings (SSSR count). The summed E-state index contributed by atoms with van der Waals surface area (Å²) < 4.78 is 44.5. The first-order valence-electron chi connectivity index (χ1n) is 7.01. The molecule has 0 aromatic heterocycles. The second-order valence-electron chi connectivity index (χ2n) is 5.01. The van der Waals surface area contributed by atoms with E-state index in [1.807, 2.05) is 0 Å². The van der Waals surface area contributed by atoms with Crippen LogP contribution in [0.25, 0.3) is 0 Å². The summed E-state index contributed by atoms with van der Waals surface area (Å²) in [5, 5.41) is 2.47. The number of benzene rings is 2. The van der Waals surface area contributed by atoms with Gasteiger partial charge in [-0.25, -0.2) is 17.5 Å². The summed E-state index contributed by atoms with van der Waals surface area (Å²) in [4.78, 5) is 11.8. The van der Waals surface area contributed by atoms with E-state index < -0.39 is 28.3 Å². The van der Waals surface area contributed by atoms with Gasteiger partial charge in [0.2, 0.25) is 15.9 Å². The van der Waals surface area contributed by atoms with Crippen molar-refractivity contribution < 1.29 is 22.3 Å². The molecule has 0 fully saturated rings. The number of anilines is 1. The molecule has 0 saturated carbocycles. The molecular formula is C16H17FN2O4S. The fourth-order valence-electron chi connectivity index (χ4n) is 2.00. The fourth-order valence-corrected chi connectivity index (χ4v) is 3.07. The zero-order valence-corrected chi connectivity index (χ0v) is 14.0. The summed E-state index contributed by atoms with van der Waals surface area (Å²) in [7, 11) is -2.33. The Morgan fingerprint density at radius 1 is 1.17 bits per heavy atom. The fraction of sp³-hybridized carbons (Fsp3) is 0.188. The number of rotatable bonds is 6. The molecule has 0 saturated heterocycles. The third kappa shape index (κ3) is 4.53. The first-order chi connectivity index (χ1) is 11.3. The highest BCUT2D eigenvalue weighted by molar-refractivity contribution is 7.89. The molecule has 0 radical (unpaired) electrons. The Bertz CT molecular complexity index is 836. The lowest BCUT2D eigenvalue weighted by atomic mass is 10.2. The first-order valence-corrected chi connectivity index (χ1v) is 8.50. The standard InChI is InChI=1S/C16H17FN2O4S/c1-11-9-14(7-8-15(11)23-2)24(21,22)18-10-16(20)19-13-5-3-12(17)4-6-13/h3-9,18H,10H2,1-2H3,(H,19,20). The van der Waals surface area contributed by atoms with Gasteiger partial charge < -0.3 is 10.1 Å². The summed E-state index contributed by atoms with van der Waals surface area (Å²) in [6.07, 6.45) is 0. The van der Waals surface area contributed by atoms with Gasteiger partial charge in [0.25, 0.3) is 0 Å². The quantitative estimate of drug-likeness (QED) is 0.833. The van der Waals surface area contributed by atoms with Crippen LogP contribution in [0.5, 0.6) is 5.75 Å². The summed E-state index contributed by atoms with van der Waals surface area (Å²) in [5.74, 6) is -0.415. The Kier molecular flexibility index (Phi) is 5.53. The Morgan fingerprint density at radius 2 is 1.83 bits per heavy atom. The molecule has 24 heavy (non-hydrogen) atoms. The molecule has 128 valence electrons. The maximum Gasteiger partial charge on any atom is 0.241 e. The molecule has 2 aromatic carbocycles. The maximum absolute atomic E-state index is 12.8. The Hall–Kier alpha value is -2.45. The zero-order chi connectivity index (χ0) is 17.7. The van der Waals surface area contributed by atoms with Crippen molar-refractivity contribution in [2.24, 2.45) is 0 Å². The van der Waals surface area contributed by atoms with Crippen molar-refractivity contribution in [3.05, 3.63) is 53.8 Å². The van der Waals surface area contributed by atoms with Crippen molar-refractivity contribution in [2.45, 2.75) is 11.8 Å². The lowest BCUT2D eigenvalue weighted by Gasteiger charge is -2.10. The number of hydrogen-bond acceptors (Lipinski definition) is 4. The van der Waals surface area contributed by atoms with Gasteiger partial charge in [0, 0.05) is 5.69 Å². The molecule has 0 bridgehead atoms. The Labute approximate surface area is 139 Å². The molecule has 2 aromatic rings. The second-order valence-corrected chi connectivity index (χ2v) is 6.78.